The van der Waals surface area contributed by atoms with E-state index in [4.69, 9.17) is 0 Å². The fourth-order valence-electron chi connectivity index (χ4n) is 2.22. The monoisotopic (exact) mass is 346 g/mol. The minimum atomic E-state index is -0.336. The van der Waals surface area contributed by atoms with Crippen molar-refractivity contribution in [2.75, 3.05) is 0 Å². The van der Waals surface area contributed by atoms with Crippen molar-refractivity contribution < 1.29 is 9.18 Å². The van der Waals surface area contributed by atoms with Gasteiger partial charge >= 0.3 is 0 Å². The topological polar surface area (TPSA) is 44.9 Å². The van der Waals surface area contributed by atoms with Gasteiger partial charge in [-0.2, -0.15) is 0 Å². The largest absolute Gasteiger partial charge is 0.361 e. The lowest BCUT2D eigenvalue weighted by Gasteiger charge is -2.08. The highest BCUT2D eigenvalue weighted by Crippen LogP contribution is 2.18. The number of H-pyrrole nitrogens is 1. The van der Waals surface area contributed by atoms with Crippen molar-refractivity contribution >= 4 is 32.7 Å². The van der Waals surface area contributed by atoms with Gasteiger partial charge in [0.05, 0.1) is 11.1 Å². The molecule has 1 aromatic heterocycles. The van der Waals surface area contributed by atoms with Crippen LogP contribution in [0.1, 0.15) is 15.9 Å². The van der Waals surface area contributed by atoms with Crippen LogP contribution < -0.4 is 5.32 Å². The smallest absolute Gasteiger partial charge is 0.253 e. The molecule has 3 aromatic rings. The van der Waals surface area contributed by atoms with Crippen LogP contribution in [-0.2, 0) is 6.54 Å². The zero-order valence-electron chi connectivity index (χ0n) is 11.0. The maximum atomic E-state index is 13.6. The second-order valence-electron chi connectivity index (χ2n) is 4.67. The Morgan fingerprint density at radius 3 is 2.95 bits per heavy atom. The molecule has 2 aromatic carbocycles. The first-order valence-electron chi connectivity index (χ1n) is 6.43. The van der Waals surface area contributed by atoms with Crippen molar-refractivity contribution in [3.63, 3.8) is 0 Å². The first kappa shape index (κ1) is 13.8. The Hall–Kier alpha value is -2.14. The van der Waals surface area contributed by atoms with E-state index in [2.05, 4.69) is 26.2 Å². The number of amides is 1. The van der Waals surface area contributed by atoms with Gasteiger partial charge in [0.15, 0.2) is 0 Å². The van der Waals surface area contributed by atoms with Crippen molar-refractivity contribution in [2.24, 2.45) is 0 Å². The number of halogens is 2. The molecule has 1 heterocycles. The standard InChI is InChI=1S/C16H12BrFN2O/c17-12-4-5-14(18)11(8-12)9-20-16(21)13-3-1-2-10-6-7-19-15(10)13/h1-8,19H,9H2,(H,20,21). The summed E-state index contributed by atoms with van der Waals surface area (Å²) in [5, 5.41) is 3.71. The lowest BCUT2D eigenvalue weighted by molar-refractivity contribution is 0.0952. The van der Waals surface area contributed by atoms with Crippen LogP contribution in [-0.4, -0.2) is 10.9 Å². The van der Waals surface area contributed by atoms with E-state index in [1.54, 1.807) is 24.4 Å². The summed E-state index contributed by atoms with van der Waals surface area (Å²) in [6.45, 7) is 0.140. The molecule has 21 heavy (non-hydrogen) atoms. The zero-order valence-corrected chi connectivity index (χ0v) is 12.6. The third-order valence-corrected chi connectivity index (χ3v) is 3.77. The molecule has 106 valence electrons. The lowest BCUT2D eigenvalue weighted by Crippen LogP contribution is -2.23. The third kappa shape index (κ3) is 2.83. The molecule has 3 nitrogen and oxygen atoms in total. The molecule has 0 saturated carbocycles. The van der Waals surface area contributed by atoms with Crippen LogP contribution in [0.15, 0.2) is 53.1 Å². The Kier molecular flexibility index (Phi) is 3.75. The molecule has 0 bridgehead atoms. The highest BCUT2D eigenvalue weighted by molar-refractivity contribution is 9.10. The molecule has 0 saturated heterocycles. The summed E-state index contributed by atoms with van der Waals surface area (Å²) in [4.78, 5) is 15.3. The van der Waals surface area contributed by atoms with E-state index in [0.717, 1.165) is 15.4 Å². The normalized spacial score (nSPS) is 10.8. The number of rotatable bonds is 3. The quantitative estimate of drug-likeness (QED) is 0.739. The molecule has 5 heteroatoms. The van der Waals surface area contributed by atoms with Gasteiger partial charge in [-0.25, -0.2) is 4.39 Å². The Morgan fingerprint density at radius 1 is 1.24 bits per heavy atom. The highest BCUT2D eigenvalue weighted by Gasteiger charge is 2.11. The highest BCUT2D eigenvalue weighted by atomic mass is 79.9. The number of nitrogens with one attached hydrogen (secondary N) is 2. The van der Waals surface area contributed by atoms with E-state index in [0.29, 0.717) is 11.1 Å². The molecular weight excluding hydrogens is 335 g/mol. The van der Waals surface area contributed by atoms with Crippen LogP contribution >= 0.6 is 15.9 Å². The van der Waals surface area contributed by atoms with Crippen LogP contribution in [0.5, 0.6) is 0 Å². The number of hydrogen-bond acceptors (Lipinski definition) is 1. The summed E-state index contributed by atoms with van der Waals surface area (Å²) >= 11 is 3.29. The van der Waals surface area contributed by atoms with Crippen LogP contribution in [0.3, 0.4) is 0 Å². The van der Waals surface area contributed by atoms with Gasteiger partial charge in [0.1, 0.15) is 5.82 Å². The molecule has 0 radical (unpaired) electrons. The lowest BCUT2D eigenvalue weighted by atomic mass is 10.1. The van der Waals surface area contributed by atoms with Crippen molar-refractivity contribution in [1.82, 2.24) is 10.3 Å². The Labute approximate surface area is 129 Å². The van der Waals surface area contributed by atoms with Gasteiger partial charge in [-0.05, 0) is 30.3 Å². The summed E-state index contributed by atoms with van der Waals surface area (Å²) < 4.78 is 14.4. The van der Waals surface area contributed by atoms with Gasteiger partial charge in [-0.15, -0.1) is 0 Å². The second kappa shape index (κ2) is 5.69. The fourth-order valence-corrected chi connectivity index (χ4v) is 2.63. The van der Waals surface area contributed by atoms with E-state index in [1.165, 1.54) is 6.07 Å². The zero-order chi connectivity index (χ0) is 14.8. The molecule has 1 amide bonds. The summed E-state index contributed by atoms with van der Waals surface area (Å²) in [6, 6.07) is 12.1. The predicted molar refractivity (Wildman–Crippen MR) is 83.6 cm³/mol. The molecule has 0 atom stereocenters. The number of fused-ring (bicyclic) bond motifs is 1. The van der Waals surface area contributed by atoms with Crippen LogP contribution in [0.2, 0.25) is 0 Å². The van der Waals surface area contributed by atoms with Crippen LogP contribution in [0, 0.1) is 5.82 Å². The van der Waals surface area contributed by atoms with Gasteiger partial charge < -0.3 is 10.3 Å². The Morgan fingerprint density at radius 2 is 2.10 bits per heavy atom. The van der Waals surface area contributed by atoms with Gasteiger partial charge in [-0.3, -0.25) is 4.79 Å². The average Bonchev–Trinajstić information content (AvgIpc) is 2.96. The van der Waals surface area contributed by atoms with Crippen molar-refractivity contribution in [1.29, 1.82) is 0 Å². The third-order valence-electron chi connectivity index (χ3n) is 3.28. The van der Waals surface area contributed by atoms with E-state index >= 15 is 0 Å². The van der Waals surface area contributed by atoms with Crippen LogP contribution in [0.25, 0.3) is 10.9 Å². The number of benzene rings is 2. The van der Waals surface area contributed by atoms with Gasteiger partial charge in [0, 0.05) is 28.2 Å². The number of aromatic nitrogens is 1. The van der Waals surface area contributed by atoms with Gasteiger partial charge in [0.25, 0.3) is 5.91 Å². The number of para-hydroxylation sites is 1. The van der Waals surface area contributed by atoms with Gasteiger partial charge in [0.2, 0.25) is 0 Å². The summed E-state index contributed by atoms with van der Waals surface area (Å²) in [5.74, 6) is -0.570. The van der Waals surface area contributed by atoms with E-state index in [-0.39, 0.29) is 18.3 Å². The summed E-state index contributed by atoms with van der Waals surface area (Å²) in [7, 11) is 0. The molecule has 0 spiro atoms. The summed E-state index contributed by atoms with van der Waals surface area (Å²) in [6.07, 6.45) is 1.79. The first-order valence-corrected chi connectivity index (χ1v) is 7.22. The number of carbonyl (C=O) groups excluding carboxylic acids is 1. The summed E-state index contributed by atoms with van der Waals surface area (Å²) in [5.41, 5.74) is 1.77. The molecule has 3 rings (SSSR count). The number of hydrogen-bond donors (Lipinski definition) is 2. The molecule has 0 fully saturated rings. The minimum absolute atomic E-state index is 0.140. The second-order valence-corrected chi connectivity index (χ2v) is 5.58. The maximum absolute atomic E-state index is 13.6. The molecule has 2 N–H and O–H groups in total. The first-order chi connectivity index (χ1) is 10.1. The molecular formula is C16H12BrFN2O. The molecule has 0 aliphatic rings. The van der Waals surface area contributed by atoms with Crippen LogP contribution in [0.4, 0.5) is 4.39 Å². The average molecular weight is 347 g/mol. The molecule has 0 aliphatic carbocycles. The predicted octanol–water partition coefficient (Wildman–Crippen LogP) is 4.00. The molecule has 0 aliphatic heterocycles. The van der Waals surface area contributed by atoms with Crippen molar-refractivity contribution in [3.8, 4) is 0 Å². The van der Waals surface area contributed by atoms with Crippen molar-refractivity contribution in [2.45, 2.75) is 6.54 Å². The van der Waals surface area contributed by atoms with E-state index in [9.17, 15) is 9.18 Å². The fraction of sp³-hybridized carbons (Fsp3) is 0.0625. The van der Waals surface area contributed by atoms with E-state index < -0.39 is 0 Å². The Bertz CT molecular complexity index is 813. The maximum Gasteiger partial charge on any atom is 0.253 e. The van der Waals surface area contributed by atoms with Crippen molar-refractivity contribution in [3.05, 3.63) is 70.1 Å². The Balaban J connectivity index is 1.81. The molecule has 0 unspecified atom stereocenters. The minimum Gasteiger partial charge on any atom is -0.361 e. The SMILES string of the molecule is O=C(NCc1cc(Br)ccc1F)c1cccc2cc[nH]c12. The number of carbonyl (C=O) groups is 1. The number of aromatic amines is 1. The van der Waals surface area contributed by atoms with Gasteiger partial charge in [-0.1, -0.05) is 28.1 Å². The van der Waals surface area contributed by atoms with E-state index in [1.807, 2.05) is 18.2 Å².